The molecular formula is C16H26N2. The van der Waals surface area contributed by atoms with Gasteiger partial charge in [0.15, 0.2) is 0 Å². The van der Waals surface area contributed by atoms with Crippen molar-refractivity contribution in [1.82, 2.24) is 5.32 Å². The second-order valence-corrected chi connectivity index (χ2v) is 5.82. The van der Waals surface area contributed by atoms with Crippen molar-refractivity contribution in [2.45, 2.75) is 40.2 Å². The van der Waals surface area contributed by atoms with Crippen LogP contribution in [0.2, 0.25) is 0 Å². The highest BCUT2D eigenvalue weighted by Crippen LogP contribution is 2.24. The molecule has 1 saturated heterocycles. The SMILES string of the molecule is Cc1cccc(N2CCCNC(C(C)C)C2)c1C. The maximum atomic E-state index is 3.67. The Morgan fingerprint density at radius 3 is 2.78 bits per heavy atom. The van der Waals surface area contributed by atoms with Gasteiger partial charge in [0.05, 0.1) is 0 Å². The number of nitrogens with zero attached hydrogens (tertiary/aromatic N) is 1. The van der Waals surface area contributed by atoms with Crippen LogP contribution in [-0.4, -0.2) is 25.7 Å². The van der Waals surface area contributed by atoms with E-state index in [1.54, 1.807) is 0 Å². The van der Waals surface area contributed by atoms with Crippen molar-refractivity contribution in [3.63, 3.8) is 0 Å². The lowest BCUT2D eigenvalue weighted by Gasteiger charge is -2.30. The molecule has 1 aromatic rings. The Hall–Kier alpha value is -1.02. The van der Waals surface area contributed by atoms with Crippen LogP contribution in [0, 0.1) is 19.8 Å². The van der Waals surface area contributed by atoms with E-state index in [2.05, 4.69) is 56.1 Å². The Labute approximate surface area is 111 Å². The molecule has 0 spiro atoms. The maximum absolute atomic E-state index is 3.67. The fourth-order valence-corrected chi connectivity index (χ4v) is 2.69. The molecule has 0 bridgehead atoms. The molecule has 1 heterocycles. The van der Waals surface area contributed by atoms with E-state index in [1.807, 2.05) is 0 Å². The van der Waals surface area contributed by atoms with Crippen molar-refractivity contribution >= 4 is 5.69 Å². The second-order valence-electron chi connectivity index (χ2n) is 5.82. The molecule has 2 heteroatoms. The summed E-state index contributed by atoms with van der Waals surface area (Å²) >= 11 is 0. The summed E-state index contributed by atoms with van der Waals surface area (Å²) in [5, 5.41) is 3.67. The van der Waals surface area contributed by atoms with Gasteiger partial charge < -0.3 is 10.2 Å². The minimum absolute atomic E-state index is 0.604. The van der Waals surface area contributed by atoms with Gasteiger partial charge in [-0.25, -0.2) is 0 Å². The molecule has 0 aliphatic carbocycles. The highest BCUT2D eigenvalue weighted by atomic mass is 15.2. The van der Waals surface area contributed by atoms with Gasteiger partial charge in [-0.15, -0.1) is 0 Å². The fraction of sp³-hybridized carbons (Fsp3) is 0.625. The Morgan fingerprint density at radius 1 is 1.28 bits per heavy atom. The van der Waals surface area contributed by atoms with Gasteiger partial charge in [0, 0.05) is 24.8 Å². The quantitative estimate of drug-likeness (QED) is 0.862. The summed E-state index contributed by atoms with van der Waals surface area (Å²) in [7, 11) is 0. The van der Waals surface area contributed by atoms with Gasteiger partial charge in [-0.2, -0.15) is 0 Å². The second kappa shape index (κ2) is 5.75. The summed E-state index contributed by atoms with van der Waals surface area (Å²) in [5.41, 5.74) is 4.25. The Bertz CT molecular complexity index is 398. The molecule has 1 unspecified atom stereocenters. The van der Waals surface area contributed by atoms with E-state index in [9.17, 15) is 0 Å². The first-order valence-corrected chi connectivity index (χ1v) is 7.14. The number of nitrogens with one attached hydrogen (secondary N) is 1. The van der Waals surface area contributed by atoms with Gasteiger partial charge in [0.2, 0.25) is 0 Å². The molecule has 1 aliphatic heterocycles. The standard InChI is InChI=1S/C16H26N2/c1-12(2)15-11-18(10-6-9-17-15)16-8-5-7-13(3)14(16)4/h5,7-8,12,15,17H,6,9-11H2,1-4H3. The molecule has 0 aromatic heterocycles. The summed E-state index contributed by atoms with van der Waals surface area (Å²) < 4.78 is 0. The molecule has 1 fully saturated rings. The number of hydrogen-bond donors (Lipinski definition) is 1. The van der Waals surface area contributed by atoms with Crippen molar-refractivity contribution < 1.29 is 0 Å². The van der Waals surface area contributed by atoms with Crippen LogP contribution in [0.3, 0.4) is 0 Å². The fourth-order valence-electron chi connectivity index (χ4n) is 2.69. The summed E-state index contributed by atoms with van der Waals surface area (Å²) in [5.74, 6) is 0.690. The molecule has 18 heavy (non-hydrogen) atoms. The molecule has 0 amide bonds. The average molecular weight is 246 g/mol. The zero-order valence-electron chi connectivity index (χ0n) is 12.2. The molecule has 2 rings (SSSR count). The van der Waals surface area contributed by atoms with Crippen LogP contribution in [0.15, 0.2) is 18.2 Å². The van der Waals surface area contributed by atoms with E-state index in [-0.39, 0.29) is 0 Å². The van der Waals surface area contributed by atoms with E-state index in [0.29, 0.717) is 12.0 Å². The van der Waals surface area contributed by atoms with Crippen LogP contribution < -0.4 is 10.2 Å². The first kappa shape index (κ1) is 13.4. The van der Waals surface area contributed by atoms with E-state index >= 15 is 0 Å². The van der Waals surface area contributed by atoms with Crippen LogP contribution in [0.4, 0.5) is 5.69 Å². The Kier molecular flexibility index (Phi) is 4.28. The topological polar surface area (TPSA) is 15.3 Å². The molecule has 1 N–H and O–H groups in total. The van der Waals surface area contributed by atoms with E-state index in [1.165, 1.54) is 29.8 Å². The average Bonchev–Trinajstić information content (AvgIpc) is 2.58. The van der Waals surface area contributed by atoms with Gasteiger partial charge in [-0.1, -0.05) is 26.0 Å². The maximum Gasteiger partial charge on any atom is 0.0399 e. The number of rotatable bonds is 2. The molecule has 1 aromatic carbocycles. The minimum atomic E-state index is 0.604. The third-order valence-electron chi connectivity index (χ3n) is 4.15. The first-order chi connectivity index (χ1) is 8.59. The lowest BCUT2D eigenvalue weighted by Crippen LogP contribution is -2.41. The molecule has 1 atom stereocenters. The molecular weight excluding hydrogens is 220 g/mol. The molecule has 100 valence electrons. The zero-order valence-corrected chi connectivity index (χ0v) is 12.2. The third-order valence-corrected chi connectivity index (χ3v) is 4.15. The lowest BCUT2D eigenvalue weighted by atomic mass is 10.0. The lowest BCUT2D eigenvalue weighted by molar-refractivity contribution is 0.420. The van der Waals surface area contributed by atoms with E-state index in [0.717, 1.165) is 13.1 Å². The highest BCUT2D eigenvalue weighted by Gasteiger charge is 2.21. The normalized spacial score (nSPS) is 21.2. The minimum Gasteiger partial charge on any atom is -0.370 e. The number of hydrogen-bond acceptors (Lipinski definition) is 2. The van der Waals surface area contributed by atoms with E-state index < -0.39 is 0 Å². The van der Waals surface area contributed by atoms with Crippen LogP contribution in [0.1, 0.15) is 31.4 Å². The summed E-state index contributed by atoms with van der Waals surface area (Å²) in [4.78, 5) is 2.56. The number of aryl methyl sites for hydroxylation is 1. The van der Waals surface area contributed by atoms with Crippen LogP contribution in [-0.2, 0) is 0 Å². The molecule has 2 nitrogen and oxygen atoms in total. The van der Waals surface area contributed by atoms with Crippen molar-refractivity contribution in [3.05, 3.63) is 29.3 Å². The predicted molar refractivity (Wildman–Crippen MR) is 79.4 cm³/mol. The number of benzene rings is 1. The Morgan fingerprint density at radius 2 is 2.06 bits per heavy atom. The van der Waals surface area contributed by atoms with Gasteiger partial charge in [0.25, 0.3) is 0 Å². The van der Waals surface area contributed by atoms with Crippen molar-refractivity contribution in [2.75, 3.05) is 24.5 Å². The largest absolute Gasteiger partial charge is 0.370 e. The Balaban J connectivity index is 2.22. The highest BCUT2D eigenvalue weighted by molar-refractivity contribution is 5.56. The molecule has 1 aliphatic rings. The van der Waals surface area contributed by atoms with Gasteiger partial charge in [0.1, 0.15) is 0 Å². The van der Waals surface area contributed by atoms with Crippen molar-refractivity contribution in [3.8, 4) is 0 Å². The van der Waals surface area contributed by atoms with Crippen LogP contribution in [0.5, 0.6) is 0 Å². The predicted octanol–water partition coefficient (Wildman–Crippen LogP) is 3.13. The summed E-state index contributed by atoms with van der Waals surface area (Å²) in [6, 6.07) is 7.26. The van der Waals surface area contributed by atoms with Crippen LogP contribution >= 0.6 is 0 Å². The third kappa shape index (κ3) is 2.86. The van der Waals surface area contributed by atoms with Crippen molar-refractivity contribution in [2.24, 2.45) is 5.92 Å². The zero-order chi connectivity index (χ0) is 13.1. The van der Waals surface area contributed by atoms with Crippen LogP contribution in [0.25, 0.3) is 0 Å². The number of anilines is 1. The van der Waals surface area contributed by atoms with Crippen molar-refractivity contribution in [1.29, 1.82) is 0 Å². The summed E-state index contributed by atoms with van der Waals surface area (Å²) in [6.45, 7) is 12.5. The van der Waals surface area contributed by atoms with E-state index in [4.69, 9.17) is 0 Å². The van der Waals surface area contributed by atoms with Gasteiger partial charge in [-0.3, -0.25) is 0 Å². The van der Waals surface area contributed by atoms with Gasteiger partial charge in [-0.05, 0) is 49.9 Å². The van der Waals surface area contributed by atoms with Gasteiger partial charge >= 0.3 is 0 Å². The molecule has 0 saturated carbocycles. The summed E-state index contributed by atoms with van der Waals surface area (Å²) in [6.07, 6.45) is 1.23. The first-order valence-electron chi connectivity index (χ1n) is 7.14. The smallest absolute Gasteiger partial charge is 0.0399 e. The molecule has 0 radical (unpaired) electrons. The monoisotopic (exact) mass is 246 g/mol.